The number of hydrogen-bond donors (Lipinski definition) is 1. The first-order valence-corrected chi connectivity index (χ1v) is 14.9. The Bertz CT molecular complexity index is 1720. The minimum Gasteiger partial charge on any atom is -0.493 e. The van der Waals surface area contributed by atoms with Crippen LogP contribution in [0, 0.1) is 0 Å². The average Bonchev–Trinajstić information content (AvgIpc) is 3.36. The van der Waals surface area contributed by atoms with Gasteiger partial charge in [-0.15, -0.1) is 0 Å². The van der Waals surface area contributed by atoms with Crippen LogP contribution >= 0.6 is 0 Å². The zero-order chi connectivity index (χ0) is 30.2. The van der Waals surface area contributed by atoms with E-state index < -0.39 is 0 Å². The molecule has 7 heteroatoms. The summed E-state index contributed by atoms with van der Waals surface area (Å²) in [7, 11) is 4.03. The zero-order valence-electron chi connectivity index (χ0n) is 25.1. The van der Waals surface area contributed by atoms with Crippen LogP contribution < -0.4 is 10.1 Å². The predicted molar refractivity (Wildman–Crippen MR) is 173 cm³/mol. The molecule has 1 heterocycles. The molecular formula is C36H39N3O4. The second-order valence-electron chi connectivity index (χ2n) is 10.8. The normalized spacial score (nSPS) is 11.3. The molecule has 0 atom stereocenters. The molecule has 0 aliphatic carbocycles. The Morgan fingerprint density at radius 1 is 0.860 bits per heavy atom. The van der Waals surface area contributed by atoms with Gasteiger partial charge in [0, 0.05) is 40.5 Å². The Labute approximate surface area is 253 Å². The van der Waals surface area contributed by atoms with Crippen LogP contribution in [-0.4, -0.2) is 61.7 Å². The van der Waals surface area contributed by atoms with E-state index in [-0.39, 0.29) is 18.5 Å². The minimum atomic E-state index is -0.387. The monoisotopic (exact) mass is 577 g/mol. The highest BCUT2D eigenvalue weighted by Gasteiger charge is 2.25. The molecule has 0 saturated carbocycles. The average molecular weight is 578 g/mol. The van der Waals surface area contributed by atoms with E-state index in [4.69, 9.17) is 9.47 Å². The molecule has 0 unspecified atom stereocenters. The standard InChI is InChI=1S/C36H39N3O4/c1-4-42-36(41)34-33(27-15-9-16-28(25-27)35(40)37-21-11-22-38(2)3)30-18-7-8-19-31(30)39(34)23-12-24-43-32-20-10-14-26-13-5-6-17-29(26)32/h5-10,13-20,25H,4,11-12,21-24H2,1-3H3,(H,37,40). The summed E-state index contributed by atoms with van der Waals surface area (Å²) in [5.41, 5.74) is 3.54. The number of nitrogens with zero attached hydrogens (tertiary/aromatic N) is 2. The van der Waals surface area contributed by atoms with Gasteiger partial charge in [-0.25, -0.2) is 4.79 Å². The van der Waals surface area contributed by atoms with E-state index in [1.807, 2.05) is 92.3 Å². The number of nitrogens with one attached hydrogen (secondary N) is 1. The van der Waals surface area contributed by atoms with Gasteiger partial charge in [0.25, 0.3) is 5.91 Å². The number of rotatable bonds is 13. The smallest absolute Gasteiger partial charge is 0.355 e. The fourth-order valence-corrected chi connectivity index (χ4v) is 5.48. The molecule has 0 spiro atoms. The molecule has 0 aliphatic heterocycles. The lowest BCUT2D eigenvalue weighted by Gasteiger charge is -2.13. The van der Waals surface area contributed by atoms with Crippen LogP contribution in [0.5, 0.6) is 5.75 Å². The van der Waals surface area contributed by atoms with Gasteiger partial charge >= 0.3 is 5.97 Å². The maximum absolute atomic E-state index is 13.5. The van der Waals surface area contributed by atoms with Crippen molar-refractivity contribution >= 4 is 33.6 Å². The van der Waals surface area contributed by atoms with Crippen LogP contribution in [-0.2, 0) is 11.3 Å². The van der Waals surface area contributed by atoms with Gasteiger partial charge in [0.05, 0.1) is 13.2 Å². The lowest BCUT2D eigenvalue weighted by atomic mass is 9.99. The highest BCUT2D eigenvalue weighted by molar-refractivity contribution is 6.09. The Balaban J connectivity index is 1.43. The van der Waals surface area contributed by atoms with Gasteiger partial charge in [-0.1, -0.05) is 66.7 Å². The Kier molecular flexibility index (Phi) is 9.74. The van der Waals surface area contributed by atoms with E-state index >= 15 is 0 Å². The van der Waals surface area contributed by atoms with Gasteiger partial charge < -0.3 is 24.3 Å². The molecule has 43 heavy (non-hydrogen) atoms. The lowest BCUT2D eigenvalue weighted by Crippen LogP contribution is -2.27. The molecule has 7 nitrogen and oxygen atoms in total. The van der Waals surface area contributed by atoms with Gasteiger partial charge in [0.1, 0.15) is 11.4 Å². The highest BCUT2D eigenvalue weighted by Crippen LogP contribution is 2.36. The number of aryl methyl sites for hydroxylation is 1. The van der Waals surface area contributed by atoms with Crippen LogP contribution in [0.1, 0.15) is 40.6 Å². The van der Waals surface area contributed by atoms with E-state index in [2.05, 4.69) is 28.4 Å². The van der Waals surface area contributed by atoms with Crippen LogP contribution in [0.4, 0.5) is 0 Å². The van der Waals surface area contributed by atoms with Crippen molar-refractivity contribution in [2.24, 2.45) is 0 Å². The van der Waals surface area contributed by atoms with Gasteiger partial charge in [-0.2, -0.15) is 0 Å². The first kappa shape index (κ1) is 29.9. The molecule has 5 aromatic rings. The van der Waals surface area contributed by atoms with Gasteiger partial charge in [0.2, 0.25) is 0 Å². The number of ether oxygens (including phenoxy) is 2. The number of para-hydroxylation sites is 1. The summed E-state index contributed by atoms with van der Waals surface area (Å²) >= 11 is 0. The van der Waals surface area contributed by atoms with Crippen molar-refractivity contribution in [2.45, 2.75) is 26.3 Å². The van der Waals surface area contributed by atoms with Crippen LogP contribution in [0.15, 0.2) is 91.0 Å². The van der Waals surface area contributed by atoms with Crippen LogP contribution in [0.25, 0.3) is 32.8 Å². The maximum Gasteiger partial charge on any atom is 0.355 e. The molecule has 1 amide bonds. The number of fused-ring (bicyclic) bond motifs is 2. The highest BCUT2D eigenvalue weighted by atomic mass is 16.5. The van der Waals surface area contributed by atoms with Crippen molar-refractivity contribution < 1.29 is 19.1 Å². The number of esters is 1. The Morgan fingerprint density at radius 3 is 2.42 bits per heavy atom. The molecule has 5 rings (SSSR count). The van der Waals surface area contributed by atoms with E-state index in [0.717, 1.165) is 51.5 Å². The molecule has 0 saturated heterocycles. The molecule has 0 aliphatic rings. The number of aromatic nitrogens is 1. The zero-order valence-corrected chi connectivity index (χ0v) is 25.1. The summed E-state index contributed by atoms with van der Waals surface area (Å²) < 4.78 is 13.8. The molecule has 222 valence electrons. The third-order valence-corrected chi connectivity index (χ3v) is 7.45. The number of benzene rings is 4. The molecule has 1 N–H and O–H groups in total. The van der Waals surface area contributed by atoms with Crippen molar-refractivity contribution in [3.8, 4) is 16.9 Å². The summed E-state index contributed by atoms with van der Waals surface area (Å²) in [6.07, 6.45) is 1.55. The lowest BCUT2D eigenvalue weighted by molar-refractivity contribution is 0.0514. The van der Waals surface area contributed by atoms with E-state index in [0.29, 0.717) is 37.4 Å². The molecule has 0 fully saturated rings. The van der Waals surface area contributed by atoms with Crippen LogP contribution in [0.2, 0.25) is 0 Å². The molecular weight excluding hydrogens is 538 g/mol. The number of hydrogen-bond acceptors (Lipinski definition) is 5. The van der Waals surface area contributed by atoms with E-state index in [9.17, 15) is 9.59 Å². The van der Waals surface area contributed by atoms with Gasteiger partial charge in [0.15, 0.2) is 0 Å². The largest absolute Gasteiger partial charge is 0.493 e. The maximum atomic E-state index is 13.5. The fourth-order valence-electron chi connectivity index (χ4n) is 5.48. The predicted octanol–water partition coefficient (Wildman–Crippen LogP) is 6.79. The third-order valence-electron chi connectivity index (χ3n) is 7.45. The van der Waals surface area contributed by atoms with Crippen molar-refractivity contribution in [1.29, 1.82) is 0 Å². The SMILES string of the molecule is CCOC(=O)c1c(-c2cccc(C(=O)NCCCN(C)C)c2)c2ccccc2n1CCCOc1cccc2ccccc12. The third kappa shape index (κ3) is 6.89. The summed E-state index contributed by atoms with van der Waals surface area (Å²) in [6, 6.07) is 29.7. The minimum absolute atomic E-state index is 0.132. The molecule has 0 bridgehead atoms. The molecule has 4 aromatic carbocycles. The Hall–Kier alpha value is -4.62. The summed E-state index contributed by atoms with van der Waals surface area (Å²) in [5.74, 6) is 0.327. The molecule has 1 aromatic heterocycles. The summed E-state index contributed by atoms with van der Waals surface area (Å²) in [4.78, 5) is 28.6. The molecule has 0 radical (unpaired) electrons. The topological polar surface area (TPSA) is 72.8 Å². The van der Waals surface area contributed by atoms with Crippen molar-refractivity contribution in [3.05, 3.63) is 102 Å². The number of amides is 1. The fraction of sp³-hybridized carbons (Fsp3) is 0.278. The first-order valence-electron chi connectivity index (χ1n) is 14.9. The quantitative estimate of drug-likeness (QED) is 0.123. The van der Waals surface area contributed by atoms with Crippen molar-refractivity contribution in [2.75, 3.05) is 40.4 Å². The first-order chi connectivity index (χ1) is 21.0. The van der Waals surface area contributed by atoms with Gasteiger partial charge in [-0.3, -0.25) is 4.79 Å². The summed E-state index contributed by atoms with van der Waals surface area (Å²) in [5, 5.41) is 6.16. The second-order valence-corrected chi connectivity index (χ2v) is 10.8. The van der Waals surface area contributed by atoms with Crippen molar-refractivity contribution in [3.63, 3.8) is 0 Å². The van der Waals surface area contributed by atoms with Gasteiger partial charge in [-0.05, 0) is 75.6 Å². The van der Waals surface area contributed by atoms with E-state index in [1.54, 1.807) is 6.07 Å². The van der Waals surface area contributed by atoms with Crippen molar-refractivity contribution in [1.82, 2.24) is 14.8 Å². The number of carbonyl (C=O) groups is 2. The van der Waals surface area contributed by atoms with Crippen LogP contribution in [0.3, 0.4) is 0 Å². The van der Waals surface area contributed by atoms with E-state index in [1.165, 1.54) is 0 Å². The second kappa shape index (κ2) is 14.0. The Morgan fingerprint density at radius 2 is 1.60 bits per heavy atom. The number of carbonyl (C=O) groups excluding carboxylic acids is 2. The summed E-state index contributed by atoms with van der Waals surface area (Å²) in [6.45, 7) is 4.61.